The highest BCUT2D eigenvalue weighted by molar-refractivity contribution is 5.75. The third-order valence-corrected chi connectivity index (χ3v) is 2.72. The van der Waals surface area contributed by atoms with Gasteiger partial charge in [0.1, 0.15) is 0 Å². The normalized spacial score (nSPS) is 10.5. The number of ether oxygens (including phenoxy) is 2. The number of hydrogen-bond donors (Lipinski definition) is 2. The minimum absolute atomic E-state index is 0.0374. The van der Waals surface area contributed by atoms with Crippen LogP contribution in [0.4, 0.5) is 8.78 Å². The molecule has 0 atom stereocenters. The smallest absolute Gasteiger partial charge is 0.223 e. The van der Waals surface area contributed by atoms with Crippen molar-refractivity contribution in [3.8, 4) is 5.75 Å². The standard InChI is InChI=1S/C14H20F2N2O3/c1-17-13(19)3-5-21-14-11(15)7-10(8-12(14)16)9-18-4-6-20-2/h7-8,18H,3-6,9H2,1-2H3,(H,17,19). The first-order chi connectivity index (χ1) is 10.1. The lowest BCUT2D eigenvalue weighted by Crippen LogP contribution is -2.20. The number of halogens is 2. The summed E-state index contributed by atoms with van der Waals surface area (Å²) in [7, 11) is 3.06. The molecule has 0 aromatic heterocycles. The molecular weight excluding hydrogens is 282 g/mol. The van der Waals surface area contributed by atoms with Gasteiger partial charge in [-0.15, -0.1) is 0 Å². The van der Waals surface area contributed by atoms with Gasteiger partial charge in [-0.1, -0.05) is 0 Å². The third kappa shape index (κ3) is 6.05. The summed E-state index contributed by atoms with van der Waals surface area (Å²) in [5.74, 6) is -2.28. The molecule has 0 aliphatic rings. The quantitative estimate of drug-likeness (QED) is 0.673. The molecule has 0 bridgehead atoms. The first-order valence-electron chi connectivity index (χ1n) is 6.59. The summed E-state index contributed by atoms with van der Waals surface area (Å²) in [5.41, 5.74) is 0.472. The molecule has 0 aliphatic heterocycles. The number of carbonyl (C=O) groups is 1. The molecule has 0 saturated carbocycles. The Morgan fingerprint density at radius 3 is 2.48 bits per heavy atom. The van der Waals surface area contributed by atoms with Crippen molar-refractivity contribution in [2.75, 3.05) is 33.9 Å². The monoisotopic (exact) mass is 302 g/mol. The summed E-state index contributed by atoms with van der Waals surface area (Å²) in [6.45, 7) is 1.35. The molecule has 2 N–H and O–H groups in total. The SMILES string of the molecule is CNC(=O)CCOc1c(F)cc(CNCCOC)cc1F. The van der Waals surface area contributed by atoms with E-state index < -0.39 is 17.4 Å². The van der Waals surface area contributed by atoms with Gasteiger partial charge in [-0.05, 0) is 17.7 Å². The molecule has 21 heavy (non-hydrogen) atoms. The van der Waals surface area contributed by atoms with Gasteiger partial charge in [0.15, 0.2) is 17.4 Å². The maximum absolute atomic E-state index is 13.8. The van der Waals surface area contributed by atoms with E-state index in [1.165, 1.54) is 19.2 Å². The molecule has 1 aromatic carbocycles. The lowest BCUT2D eigenvalue weighted by Gasteiger charge is -2.10. The van der Waals surface area contributed by atoms with E-state index in [-0.39, 0.29) is 18.9 Å². The fraction of sp³-hybridized carbons (Fsp3) is 0.500. The molecule has 1 rings (SSSR count). The van der Waals surface area contributed by atoms with Crippen molar-refractivity contribution in [1.29, 1.82) is 0 Å². The van der Waals surface area contributed by atoms with Crippen LogP contribution in [0.25, 0.3) is 0 Å². The van der Waals surface area contributed by atoms with Gasteiger partial charge in [-0.3, -0.25) is 4.79 Å². The van der Waals surface area contributed by atoms with Gasteiger partial charge in [-0.25, -0.2) is 8.78 Å². The topological polar surface area (TPSA) is 59.6 Å². The van der Waals surface area contributed by atoms with Gasteiger partial charge >= 0.3 is 0 Å². The average molecular weight is 302 g/mol. The molecule has 5 nitrogen and oxygen atoms in total. The van der Waals surface area contributed by atoms with Crippen molar-refractivity contribution in [3.05, 3.63) is 29.3 Å². The lowest BCUT2D eigenvalue weighted by molar-refractivity contribution is -0.121. The molecule has 0 unspecified atom stereocenters. The predicted molar refractivity (Wildman–Crippen MR) is 74.1 cm³/mol. The Balaban J connectivity index is 2.56. The zero-order valence-corrected chi connectivity index (χ0v) is 12.2. The van der Waals surface area contributed by atoms with Crippen LogP contribution in [0.5, 0.6) is 5.75 Å². The Morgan fingerprint density at radius 2 is 1.90 bits per heavy atom. The van der Waals surface area contributed by atoms with Crippen molar-refractivity contribution < 1.29 is 23.0 Å². The summed E-state index contributed by atoms with van der Waals surface area (Å²) in [6.07, 6.45) is 0.0374. The largest absolute Gasteiger partial charge is 0.487 e. The van der Waals surface area contributed by atoms with Gasteiger partial charge < -0.3 is 20.1 Å². The first-order valence-corrected chi connectivity index (χ1v) is 6.59. The fourth-order valence-corrected chi connectivity index (χ4v) is 1.63. The summed E-state index contributed by atoms with van der Waals surface area (Å²) >= 11 is 0. The summed E-state index contributed by atoms with van der Waals surface area (Å²) in [5, 5.41) is 5.39. The second-order valence-corrected chi connectivity index (χ2v) is 4.33. The first kappa shape index (κ1) is 17.3. The van der Waals surface area contributed by atoms with Gasteiger partial charge in [-0.2, -0.15) is 0 Å². The molecule has 0 spiro atoms. The number of hydrogen-bond acceptors (Lipinski definition) is 4. The highest BCUT2D eigenvalue weighted by atomic mass is 19.1. The number of amides is 1. The van der Waals surface area contributed by atoms with E-state index in [2.05, 4.69) is 10.6 Å². The van der Waals surface area contributed by atoms with E-state index in [0.717, 1.165) is 0 Å². The second-order valence-electron chi connectivity index (χ2n) is 4.33. The zero-order valence-electron chi connectivity index (χ0n) is 12.2. The van der Waals surface area contributed by atoms with Crippen LogP contribution in [0, 0.1) is 11.6 Å². The molecule has 1 amide bonds. The van der Waals surface area contributed by atoms with E-state index in [1.54, 1.807) is 7.11 Å². The highest BCUT2D eigenvalue weighted by Crippen LogP contribution is 2.23. The van der Waals surface area contributed by atoms with Gasteiger partial charge in [0, 0.05) is 27.2 Å². The van der Waals surface area contributed by atoms with Crippen molar-refractivity contribution in [1.82, 2.24) is 10.6 Å². The minimum atomic E-state index is -0.782. The fourth-order valence-electron chi connectivity index (χ4n) is 1.63. The van der Waals surface area contributed by atoms with E-state index in [0.29, 0.717) is 25.3 Å². The molecule has 0 radical (unpaired) electrons. The Kier molecular flexibility index (Phi) is 7.63. The predicted octanol–water partition coefficient (Wildman–Crippen LogP) is 1.22. The molecular formula is C14H20F2N2O3. The van der Waals surface area contributed by atoms with E-state index >= 15 is 0 Å². The number of methoxy groups -OCH3 is 1. The number of carbonyl (C=O) groups excluding carboxylic acids is 1. The Hall–Kier alpha value is -1.73. The van der Waals surface area contributed by atoms with Crippen molar-refractivity contribution >= 4 is 5.91 Å². The molecule has 7 heteroatoms. The van der Waals surface area contributed by atoms with Crippen LogP contribution in [-0.4, -0.2) is 39.8 Å². The van der Waals surface area contributed by atoms with Crippen molar-refractivity contribution in [2.24, 2.45) is 0 Å². The average Bonchev–Trinajstić information content (AvgIpc) is 2.46. The number of benzene rings is 1. The molecule has 0 aliphatic carbocycles. The van der Waals surface area contributed by atoms with Crippen LogP contribution in [0.1, 0.15) is 12.0 Å². The van der Waals surface area contributed by atoms with Crippen molar-refractivity contribution in [3.63, 3.8) is 0 Å². The van der Waals surface area contributed by atoms with Crippen LogP contribution >= 0.6 is 0 Å². The Labute approximate surface area is 122 Å². The molecule has 1 aromatic rings. The molecule has 0 saturated heterocycles. The minimum Gasteiger partial charge on any atom is -0.487 e. The van der Waals surface area contributed by atoms with Crippen LogP contribution < -0.4 is 15.4 Å². The van der Waals surface area contributed by atoms with Gasteiger partial charge in [0.25, 0.3) is 0 Å². The van der Waals surface area contributed by atoms with Crippen LogP contribution in [0.3, 0.4) is 0 Å². The molecule has 0 heterocycles. The number of nitrogens with one attached hydrogen (secondary N) is 2. The zero-order chi connectivity index (χ0) is 15.7. The third-order valence-electron chi connectivity index (χ3n) is 2.72. The van der Waals surface area contributed by atoms with Gasteiger partial charge in [0.05, 0.1) is 19.6 Å². The summed E-state index contributed by atoms with van der Waals surface area (Å²) in [6, 6.07) is 2.41. The van der Waals surface area contributed by atoms with Crippen LogP contribution in [0.2, 0.25) is 0 Å². The maximum atomic E-state index is 13.8. The van der Waals surface area contributed by atoms with Crippen molar-refractivity contribution in [2.45, 2.75) is 13.0 Å². The Bertz CT molecular complexity index is 447. The lowest BCUT2D eigenvalue weighted by atomic mass is 10.2. The highest BCUT2D eigenvalue weighted by Gasteiger charge is 2.13. The van der Waals surface area contributed by atoms with E-state index in [9.17, 15) is 13.6 Å². The molecule has 0 fully saturated rings. The second kappa shape index (κ2) is 9.25. The van der Waals surface area contributed by atoms with E-state index in [1.807, 2.05) is 0 Å². The summed E-state index contributed by atoms with van der Waals surface area (Å²) < 4.78 is 37.4. The van der Waals surface area contributed by atoms with Crippen LogP contribution in [-0.2, 0) is 16.1 Å². The maximum Gasteiger partial charge on any atom is 0.223 e. The molecule has 118 valence electrons. The van der Waals surface area contributed by atoms with Gasteiger partial charge in [0.2, 0.25) is 5.91 Å². The number of rotatable bonds is 9. The Morgan fingerprint density at radius 1 is 1.24 bits per heavy atom. The summed E-state index contributed by atoms with van der Waals surface area (Å²) in [4.78, 5) is 11.0. The van der Waals surface area contributed by atoms with Crippen LogP contribution in [0.15, 0.2) is 12.1 Å². The van der Waals surface area contributed by atoms with E-state index in [4.69, 9.17) is 9.47 Å².